The first-order valence-electron chi connectivity index (χ1n) is 6.63. The molecule has 2 aromatic rings. The summed E-state index contributed by atoms with van der Waals surface area (Å²) in [5, 5.41) is 0. The van der Waals surface area contributed by atoms with Gasteiger partial charge in [0.1, 0.15) is 11.3 Å². The number of nitrogens with one attached hydrogen (secondary N) is 3. The van der Waals surface area contributed by atoms with Gasteiger partial charge in [0.15, 0.2) is 0 Å². The first kappa shape index (κ1) is 15.3. The van der Waals surface area contributed by atoms with E-state index in [1.54, 1.807) is 24.3 Å². The minimum absolute atomic E-state index is 0.0884. The summed E-state index contributed by atoms with van der Waals surface area (Å²) in [4.78, 5) is 37.5. The maximum Gasteiger partial charge on any atom is 0.275 e. The van der Waals surface area contributed by atoms with Crippen molar-refractivity contribution >= 4 is 11.8 Å². The normalized spacial score (nSPS) is 9.86. The van der Waals surface area contributed by atoms with E-state index < -0.39 is 17.4 Å². The quantitative estimate of drug-likeness (QED) is 0.729. The fourth-order valence-electron chi connectivity index (χ4n) is 1.72. The van der Waals surface area contributed by atoms with Gasteiger partial charge in [-0.1, -0.05) is 0 Å². The third-order valence-electron chi connectivity index (χ3n) is 2.78. The summed E-state index contributed by atoms with van der Waals surface area (Å²) in [6.45, 7) is 2.40. The van der Waals surface area contributed by atoms with E-state index in [1.807, 2.05) is 6.92 Å². The van der Waals surface area contributed by atoms with Crippen LogP contribution in [0, 0.1) is 0 Å². The number of carbonyl (C=O) groups excluding carboxylic acids is 2. The number of aromatic amines is 1. The molecule has 0 radical (unpaired) electrons. The molecule has 114 valence electrons. The molecule has 0 bridgehead atoms. The van der Waals surface area contributed by atoms with Gasteiger partial charge in [-0.3, -0.25) is 25.2 Å². The molecule has 0 aliphatic carbocycles. The Labute approximate surface area is 126 Å². The monoisotopic (exact) mass is 301 g/mol. The third-order valence-corrected chi connectivity index (χ3v) is 2.78. The second kappa shape index (κ2) is 7.07. The van der Waals surface area contributed by atoms with E-state index in [-0.39, 0.29) is 5.56 Å². The molecule has 3 N–H and O–H groups in total. The SMILES string of the molecule is CCOc1ccc(C(=O)NNC(=O)c2ccc[nH]c2=O)cc1. The number of H-pyrrole nitrogens is 1. The molecule has 2 amide bonds. The number of ether oxygens (including phenoxy) is 1. The highest BCUT2D eigenvalue weighted by Gasteiger charge is 2.11. The highest BCUT2D eigenvalue weighted by molar-refractivity contribution is 5.98. The summed E-state index contributed by atoms with van der Waals surface area (Å²) in [6.07, 6.45) is 1.41. The van der Waals surface area contributed by atoms with Crippen LogP contribution < -0.4 is 21.1 Å². The van der Waals surface area contributed by atoms with Crippen LogP contribution in [0.1, 0.15) is 27.6 Å². The van der Waals surface area contributed by atoms with Crippen LogP contribution in [0.3, 0.4) is 0 Å². The number of hydrazine groups is 1. The Morgan fingerprint density at radius 3 is 2.41 bits per heavy atom. The first-order valence-corrected chi connectivity index (χ1v) is 6.63. The highest BCUT2D eigenvalue weighted by Crippen LogP contribution is 2.11. The van der Waals surface area contributed by atoms with E-state index in [0.29, 0.717) is 17.9 Å². The number of pyridine rings is 1. The number of amides is 2. The molecule has 1 aromatic carbocycles. The highest BCUT2D eigenvalue weighted by atomic mass is 16.5. The lowest BCUT2D eigenvalue weighted by Gasteiger charge is -2.08. The fraction of sp³-hybridized carbons (Fsp3) is 0.133. The first-order chi connectivity index (χ1) is 10.6. The molecule has 0 saturated heterocycles. The molecule has 0 atom stereocenters. The molecule has 0 aliphatic heterocycles. The smallest absolute Gasteiger partial charge is 0.275 e. The topological polar surface area (TPSA) is 100 Å². The Kier molecular flexibility index (Phi) is 4.92. The van der Waals surface area contributed by atoms with Gasteiger partial charge >= 0.3 is 0 Å². The third kappa shape index (κ3) is 3.72. The second-order valence-corrected chi connectivity index (χ2v) is 4.28. The Balaban J connectivity index is 1.96. The van der Waals surface area contributed by atoms with E-state index in [0.717, 1.165) is 0 Å². The average Bonchev–Trinajstić information content (AvgIpc) is 2.54. The van der Waals surface area contributed by atoms with Crippen molar-refractivity contribution in [1.29, 1.82) is 0 Å². The van der Waals surface area contributed by atoms with E-state index >= 15 is 0 Å². The molecular weight excluding hydrogens is 286 g/mol. The molecule has 2 rings (SSSR count). The predicted octanol–water partition coefficient (Wildman–Crippen LogP) is 0.848. The Bertz CT molecular complexity index is 722. The number of carbonyl (C=O) groups is 2. The largest absolute Gasteiger partial charge is 0.494 e. The minimum Gasteiger partial charge on any atom is -0.494 e. The lowest BCUT2D eigenvalue weighted by molar-refractivity contribution is 0.0845. The zero-order valence-corrected chi connectivity index (χ0v) is 11.9. The van der Waals surface area contributed by atoms with Crippen molar-refractivity contribution in [3.8, 4) is 5.75 Å². The van der Waals surface area contributed by atoms with Crippen molar-refractivity contribution in [3.63, 3.8) is 0 Å². The van der Waals surface area contributed by atoms with Crippen LogP contribution in [0.5, 0.6) is 5.75 Å². The molecule has 0 unspecified atom stereocenters. The summed E-state index contributed by atoms with van der Waals surface area (Å²) in [7, 11) is 0. The van der Waals surface area contributed by atoms with Crippen molar-refractivity contribution in [2.24, 2.45) is 0 Å². The van der Waals surface area contributed by atoms with Gasteiger partial charge in [0, 0.05) is 11.8 Å². The summed E-state index contributed by atoms with van der Waals surface area (Å²) < 4.78 is 5.27. The molecule has 7 nitrogen and oxygen atoms in total. The maximum atomic E-state index is 11.9. The van der Waals surface area contributed by atoms with E-state index in [2.05, 4.69) is 15.8 Å². The molecular formula is C15H15N3O4. The predicted molar refractivity (Wildman–Crippen MR) is 79.6 cm³/mol. The van der Waals surface area contributed by atoms with Crippen molar-refractivity contribution in [3.05, 3.63) is 64.1 Å². The zero-order chi connectivity index (χ0) is 15.9. The van der Waals surface area contributed by atoms with Crippen LogP contribution in [-0.2, 0) is 0 Å². The lowest BCUT2D eigenvalue weighted by atomic mass is 10.2. The molecule has 0 aliphatic rings. The van der Waals surface area contributed by atoms with E-state index in [4.69, 9.17) is 4.74 Å². The lowest BCUT2D eigenvalue weighted by Crippen LogP contribution is -2.43. The molecule has 0 fully saturated rings. The molecule has 7 heteroatoms. The van der Waals surface area contributed by atoms with Gasteiger partial charge < -0.3 is 9.72 Å². The van der Waals surface area contributed by atoms with Gasteiger partial charge in [-0.15, -0.1) is 0 Å². The summed E-state index contributed by atoms with van der Waals surface area (Å²) in [5.41, 5.74) is 4.16. The molecule has 1 heterocycles. The second-order valence-electron chi connectivity index (χ2n) is 4.28. The maximum absolute atomic E-state index is 11.9. The van der Waals surface area contributed by atoms with Crippen molar-refractivity contribution in [2.45, 2.75) is 6.92 Å². The summed E-state index contributed by atoms with van der Waals surface area (Å²) in [5.74, 6) is -0.538. The van der Waals surface area contributed by atoms with Crippen LogP contribution in [0.15, 0.2) is 47.4 Å². The molecule has 0 saturated carbocycles. The van der Waals surface area contributed by atoms with E-state index in [1.165, 1.54) is 18.3 Å². The van der Waals surface area contributed by atoms with Crippen LogP contribution in [0.2, 0.25) is 0 Å². The van der Waals surface area contributed by atoms with Crippen LogP contribution in [0.4, 0.5) is 0 Å². The number of rotatable bonds is 4. The summed E-state index contributed by atoms with van der Waals surface area (Å²) >= 11 is 0. The fourth-order valence-corrected chi connectivity index (χ4v) is 1.72. The van der Waals surface area contributed by atoms with Crippen LogP contribution >= 0.6 is 0 Å². The Morgan fingerprint density at radius 1 is 1.09 bits per heavy atom. The molecule has 0 spiro atoms. The molecule has 22 heavy (non-hydrogen) atoms. The number of aromatic nitrogens is 1. The number of hydrogen-bond acceptors (Lipinski definition) is 4. The van der Waals surface area contributed by atoms with E-state index in [9.17, 15) is 14.4 Å². The zero-order valence-electron chi connectivity index (χ0n) is 11.9. The number of hydrogen-bond donors (Lipinski definition) is 3. The van der Waals surface area contributed by atoms with Gasteiger partial charge in [0.25, 0.3) is 17.4 Å². The Hall–Kier alpha value is -3.09. The van der Waals surface area contributed by atoms with Crippen molar-refractivity contribution in [1.82, 2.24) is 15.8 Å². The standard InChI is InChI=1S/C15H15N3O4/c1-2-22-11-7-5-10(6-8-11)13(19)17-18-15(21)12-4-3-9-16-14(12)20/h3-9H,2H2,1H3,(H,16,20)(H,17,19)(H,18,21). The van der Waals surface area contributed by atoms with Gasteiger partial charge in [-0.25, -0.2) is 0 Å². The van der Waals surface area contributed by atoms with Crippen LogP contribution in [-0.4, -0.2) is 23.4 Å². The molecule has 1 aromatic heterocycles. The average molecular weight is 301 g/mol. The van der Waals surface area contributed by atoms with Gasteiger partial charge in [-0.2, -0.15) is 0 Å². The van der Waals surface area contributed by atoms with Crippen LogP contribution in [0.25, 0.3) is 0 Å². The van der Waals surface area contributed by atoms with Crippen molar-refractivity contribution < 1.29 is 14.3 Å². The minimum atomic E-state index is -0.693. The number of benzene rings is 1. The summed E-state index contributed by atoms with van der Waals surface area (Å²) in [6, 6.07) is 9.33. The Morgan fingerprint density at radius 2 is 1.77 bits per heavy atom. The van der Waals surface area contributed by atoms with Gasteiger partial charge in [0.05, 0.1) is 6.61 Å². The van der Waals surface area contributed by atoms with Gasteiger partial charge in [0.2, 0.25) is 0 Å². The van der Waals surface area contributed by atoms with Crippen molar-refractivity contribution in [2.75, 3.05) is 6.61 Å². The van der Waals surface area contributed by atoms with Gasteiger partial charge in [-0.05, 0) is 43.3 Å².